The summed E-state index contributed by atoms with van der Waals surface area (Å²) in [6, 6.07) is 10.2. The van der Waals surface area contributed by atoms with Crippen LogP contribution in [0.1, 0.15) is 12.0 Å². The summed E-state index contributed by atoms with van der Waals surface area (Å²) in [6.45, 7) is -0.171. The summed E-state index contributed by atoms with van der Waals surface area (Å²) in [6.07, 6.45) is 1.10. The molecule has 1 aliphatic heterocycles. The van der Waals surface area contributed by atoms with Crippen molar-refractivity contribution in [2.45, 2.75) is 12.8 Å². The fraction of sp³-hybridized carbons (Fsp3) is 0.176. The zero-order valence-electron chi connectivity index (χ0n) is 12.6. The van der Waals surface area contributed by atoms with Gasteiger partial charge in [0.1, 0.15) is 5.75 Å². The van der Waals surface area contributed by atoms with E-state index in [0.717, 1.165) is 11.3 Å². The number of carbonyl (C=O) groups excluding carboxylic acids is 2. The third kappa shape index (κ3) is 3.99. The number of amides is 2. The maximum atomic E-state index is 12.0. The molecular formula is C17H14Cl2N2O3. The van der Waals surface area contributed by atoms with Crippen molar-refractivity contribution in [3.63, 3.8) is 0 Å². The van der Waals surface area contributed by atoms with Gasteiger partial charge in [0.25, 0.3) is 5.91 Å². The summed E-state index contributed by atoms with van der Waals surface area (Å²) < 4.78 is 5.39. The molecule has 2 amide bonds. The molecule has 0 bridgehead atoms. The lowest BCUT2D eigenvalue weighted by molar-refractivity contribution is -0.118. The Morgan fingerprint density at radius 2 is 2.00 bits per heavy atom. The van der Waals surface area contributed by atoms with Crippen molar-refractivity contribution in [2.75, 3.05) is 17.2 Å². The first kappa shape index (κ1) is 16.6. The van der Waals surface area contributed by atoms with E-state index in [-0.39, 0.29) is 18.4 Å². The van der Waals surface area contributed by atoms with Gasteiger partial charge in [-0.25, -0.2) is 0 Å². The average molecular weight is 365 g/mol. The van der Waals surface area contributed by atoms with E-state index >= 15 is 0 Å². The number of hydrogen-bond donors (Lipinski definition) is 2. The zero-order valence-corrected chi connectivity index (χ0v) is 14.1. The molecule has 2 aromatic carbocycles. The Balaban J connectivity index is 1.60. The second-order valence-electron chi connectivity index (χ2n) is 5.33. The van der Waals surface area contributed by atoms with E-state index in [1.54, 1.807) is 30.3 Å². The Bertz CT molecular complexity index is 808. The summed E-state index contributed by atoms with van der Waals surface area (Å²) >= 11 is 11.8. The van der Waals surface area contributed by atoms with Gasteiger partial charge < -0.3 is 15.4 Å². The van der Waals surface area contributed by atoms with Crippen LogP contribution in [0.4, 0.5) is 11.4 Å². The van der Waals surface area contributed by atoms with Gasteiger partial charge in [-0.2, -0.15) is 0 Å². The lowest BCUT2D eigenvalue weighted by Crippen LogP contribution is -2.21. The van der Waals surface area contributed by atoms with Crippen LogP contribution < -0.4 is 15.4 Å². The summed E-state index contributed by atoms with van der Waals surface area (Å²) in [4.78, 5) is 23.3. The Kier molecular flexibility index (Phi) is 4.92. The quantitative estimate of drug-likeness (QED) is 0.864. The molecule has 0 aliphatic carbocycles. The highest BCUT2D eigenvalue weighted by atomic mass is 35.5. The minimum absolute atomic E-state index is 0.00697. The number of carbonyl (C=O) groups is 2. The first-order valence-corrected chi connectivity index (χ1v) is 8.07. The number of nitrogens with one attached hydrogen (secondary N) is 2. The molecule has 3 rings (SSSR count). The third-order valence-corrected chi connectivity index (χ3v) is 4.07. The highest BCUT2D eigenvalue weighted by Gasteiger charge is 2.15. The number of ether oxygens (including phenoxy) is 1. The van der Waals surface area contributed by atoms with Crippen molar-refractivity contribution in [1.29, 1.82) is 0 Å². The van der Waals surface area contributed by atoms with Crippen LogP contribution in [0.5, 0.6) is 5.75 Å². The molecule has 0 fully saturated rings. The molecule has 0 radical (unpaired) electrons. The van der Waals surface area contributed by atoms with Crippen molar-refractivity contribution in [3.8, 4) is 5.75 Å². The van der Waals surface area contributed by atoms with Crippen LogP contribution >= 0.6 is 23.2 Å². The minimum Gasteiger partial charge on any atom is -0.482 e. The molecule has 0 spiro atoms. The van der Waals surface area contributed by atoms with Gasteiger partial charge in [-0.15, -0.1) is 0 Å². The van der Waals surface area contributed by atoms with E-state index in [4.69, 9.17) is 27.9 Å². The summed E-state index contributed by atoms with van der Waals surface area (Å²) in [5.74, 6) is 0.0951. The monoisotopic (exact) mass is 364 g/mol. The van der Waals surface area contributed by atoms with E-state index < -0.39 is 0 Å². The maximum Gasteiger partial charge on any atom is 0.262 e. The SMILES string of the molecule is O=C(COc1ccc(Cl)cc1Cl)Nc1ccc2c(c1)CCC(=O)N2. The first-order valence-electron chi connectivity index (χ1n) is 7.32. The molecule has 0 saturated heterocycles. The largest absolute Gasteiger partial charge is 0.482 e. The third-order valence-electron chi connectivity index (χ3n) is 3.54. The molecule has 2 N–H and O–H groups in total. The van der Waals surface area contributed by atoms with Gasteiger partial charge in [0, 0.05) is 22.8 Å². The normalized spacial score (nSPS) is 13.0. The number of benzene rings is 2. The topological polar surface area (TPSA) is 67.4 Å². The van der Waals surface area contributed by atoms with E-state index in [1.807, 2.05) is 6.07 Å². The average Bonchev–Trinajstić information content (AvgIpc) is 2.54. The number of fused-ring (bicyclic) bond motifs is 1. The molecule has 5 nitrogen and oxygen atoms in total. The van der Waals surface area contributed by atoms with Crippen LogP contribution in [-0.2, 0) is 16.0 Å². The predicted octanol–water partition coefficient (Wildman–Crippen LogP) is 3.90. The number of halogens is 2. The molecule has 1 aliphatic rings. The summed E-state index contributed by atoms with van der Waals surface area (Å²) in [5, 5.41) is 6.40. The molecule has 0 unspecified atom stereocenters. The smallest absolute Gasteiger partial charge is 0.262 e. The second kappa shape index (κ2) is 7.11. The molecule has 0 aromatic heterocycles. The van der Waals surface area contributed by atoms with Crippen molar-refractivity contribution in [2.24, 2.45) is 0 Å². The van der Waals surface area contributed by atoms with Gasteiger partial charge in [0.2, 0.25) is 5.91 Å². The van der Waals surface area contributed by atoms with Crippen LogP contribution in [0.25, 0.3) is 0 Å². The van der Waals surface area contributed by atoms with E-state index in [2.05, 4.69) is 10.6 Å². The van der Waals surface area contributed by atoms with E-state index in [9.17, 15) is 9.59 Å². The highest BCUT2D eigenvalue weighted by molar-refractivity contribution is 6.35. The van der Waals surface area contributed by atoms with Crippen LogP contribution in [0.15, 0.2) is 36.4 Å². The number of hydrogen-bond acceptors (Lipinski definition) is 3. The zero-order chi connectivity index (χ0) is 17.1. The molecule has 7 heteroatoms. The Labute approximate surface area is 148 Å². The van der Waals surface area contributed by atoms with Crippen molar-refractivity contribution < 1.29 is 14.3 Å². The lowest BCUT2D eigenvalue weighted by Gasteiger charge is -2.17. The molecular weight excluding hydrogens is 351 g/mol. The molecule has 2 aromatic rings. The Hall–Kier alpha value is -2.24. The van der Waals surface area contributed by atoms with Crippen molar-refractivity contribution in [1.82, 2.24) is 0 Å². The van der Waals surface area contributed by atoms with Gasteiger partial charge in [-0.3, -0.25) is 9.59 Å². The van der Waals surface area contributed by atoms with E-state index in [1.165, 1.54) is 0 Å². The predicted molar refractivity (Wildman–Crippen MR) is 94.0 cm³/mol. The molecule has 0 atom stereocenters. The van der Waals surface area contributed by atoms with Gasteiger partial charge in [-0.05, 0) is 48.4 Å². The van der Waals surface area contributed by atoms with Crippen molar-refractivity contribution >= 4 is 46.4 Å². The van der Waals surface area contributed by atoms with Crippen LogP contribution in [0, 0.1) is 0 Å². The Morgan fingerprint density at radius 3 is 2.79 bits per heavy atom. The van der Waals surface area contributed by atoms with Gasteiger partial charge in [0.15, 0.2) is 6.61 Å². The van der Waals surface area contributed by atoms with Crippen LogP contribution in [0.2, 0.25) is 10.0 Å². The first-order chi connectivity index (χ1) is 11.5. The van der Waals surface area contributed by atoms with Gasteiger partial charge >= 0.3 is 0 Å². The van der Waals surface area contributed by atoms with Gasteiger partial charge in [-0.1, -0.05) is 23.2 Å². The maximum absolute atomic E-state index is 12.0. The molecule has 124 valence electrons. The molecule has 1 heterocycles. The van der Waals surface area contributed by atoms with Gasteiger partial charge in [0.05, 0.1) is 5.02 Å². The number of rotatable bonds is 4. The highest BCUT2D eigenvalue weighted by Crippen LogP contribution is 2.28. The number of anilines is 2. The van der Waals surface area contributed by atoms with Crippen molar-refractivity contribution in [3.05, 3.63) is 52.0 Å². The minimum atomic E-state index is -0.305. The Morgan fingerprint density at radius 1 is 1.17 bits per heavy atom. The second-order valence-corrected chi connectivity index (χ2v) is 6.18. The number of aryl methyl sites for hydroxylation is 1. The van der Waals surface area contributed by atoms with Crippen LogP contribution in [0.3, 0.4) is 0 Å². The molecule has 24 heavy (non-hydrogen) atoms. The lowest BCUT2D eigenvalue weighted by atomic mass is 10.0. The molecule has 0 saturated carbocycles. The summed E-state index contributed by atoms with van der Waals surface area (Å²) in [5.41, 5.74) is 2.43. The van der Waals surface area contributed by atoms with E-state index in [0.29, 0.717) is 34.3 Å². The summed E-state index contributed by atoms with van der Waals surface area (Å²) in [7, 11) is 0. The fourth-order valence-electron chi connectivity index (χ4n) is 2.39. The standard InChI is InChI=1S/C17H14Cl2N2O3/c18-11-2-5-15(13(19)8-11)24-9-17(23)20-12-3-4-14-10(7-12)1-6-16(22)21-14/h2-5,7-8H,1,6,9H2,(H,20,23)(H,21,22). The van der Waals surface area contributed by atoms with Crippen LogP contribution in [-0.4, -0.2) is 18.4 Å². The fourth-order valence-corrected chi connectivity index (χ4v) is 2.86.